The van der Waals surface area contributed by atoms with E-state index in [-0.39, 0.29) is 24.0 Å². The fourth-order valence-corrected chi connectivity index (χ4v) is 4.55. The van der Waals surface area contributed by atoms with Crippen LogP contribution in [0.15, 0.2) is 35.5 Å². The Morgan fingerprint density at radius 3 is 2.85 bits per heavy atom. The number of rotatable bonds is 5. The Morgan fingerprint density at radius 2 is 2.04 bits per heavy atom. The van der Waals surface area contributed by atoms with E-state index in [1.165, 1.54) is 55.1 Å². The van der Waals surface area contributed by atoms with Crippen LogP contribution in [0.3, 0.4) is 0 Å². The Kier molecular flexibility index (Phi) is 7.41. The third kappa shape index (κ3) is 4.96. The second-order valence-electron chi connectivity index (χ2n) is 7.67. The molecule has 5 nitrogen and oxygen atoms in total. The number of aliphatic imine (C=N–C) groups is 1. The summed E-state index contributed by atoms with van der Waals surface area (Å²) in [5.74, 6) is 0.933. The lowest BCUT2D eigenvalue weighted by Gasteiger charge is -2.24. The lowest BCUT2D eigenvalue weighted by Crippen LogP contribution is -2.45. The van der Waals surface area contributed by atoms with Crippen molar-refractivity contribution in [1.29, 1.82) is 0 Å². The molecule has 2 aromatic rings. The van der Waals surface area contributed by atoms with Crippen molar-refractivity contribution < 1.29 is 0 Å². The van der Waals surface area contributed by atoms with Crippen molar-refractivity contribution in [3.63, 3.8) is 0 Å². The summed E-state index contributed by atoms with van der Waals surface area (Å²) in [5.41, 5.74) is 2.57. The molecule has 0 amide bonds. The van der Waals surface area contributed by atoms with Crippen LogP contribution in [0.5, 0.6) is 0 Å². The monoisotopic (exact) mass is 481 g/mol. The van der Waals surface area contributed by atoms with Crippen LogP contribution in [-0.2, 0) is 6.42 Å². The molecule has 4 rings (SSSR count). The number of guanidine groups is 1. The van der Waals surface area contributed by atoms with Crippen LogP contribution in [-0.4, -0.2) is 54.6 Å². The minimum atomic E-state index is 0. The van der Waals surface area contributed by atoms with Crippen LogP contribution in [0.4, 0.5) is 0 Å². The van der Waals surface area contributed by atoms with Crippen LogP contribution in [0.2, 0.25) is 0 Å². The Hall–Kier alpha value is -1.28. The minimum Gasteiger partial charge on any atom is -0.361 e. The molecule has 27 heavy (non-hydrogen) atoms. The highest BCUT2D eigenvalue weighted by Crippen LogP contribution is 2.26. The topological polar surface area (TPSA) is 55.5 Å². The Labute approximate surface area is 179 Å². The number of H-pyrrole nitrogens is 1. The van der Waals surface area contributed by atoms with Gasteiger partial charge in [-0.1, -0.05) is 31.0 Å². The SMILES string of the molecule is CN=C(NCCc1c[nH]c2ccccc12)NC1CCN(C2CCCC2)C1.I. The van der Waals surface area contributed by atoms with Crippen LogP contribution in [0.25, 0.3) is 10.9 Å². The van der Waals surface area contributed by atoms with Gasteiger partial charge in [0.05, 0.1) is 0 Å². The summed E-state index contributed by atoms with van der Waals surface area (Å²) >= 11 is 0. The predicted molar refractivity (Wildman–Crippen MR) is 124 cm³/mol. The highest BCUT2D eigenvalue weighted by Gasteiger charge is 2.30. The van der Waals surface area contributed by atoms with E-state index in [0.29, 0.717) is 6.04 Å². The number of benzene rings is 1. The first-order valence-electron chi connectivity index (χ1n) is 10.1. The van der Waals surface area contributed by atoms with Crippen LogP contribution >= 0.6 is 24.0 Å². The first-order valence-corrected chi connectivity index (χ1v) is 10.1. The van der Waals surface area contributed by atoms with Crippen LogP contribution < -0.4 is 10.6 Å². The number of hydrogen-bond acceptors (Lipinski definition) is 2. The van der Waals surface area contributed by atoms with Gasteiger partial charge >= 0.3 is 0 Å². The van der Waals surface area contributed by atoms with Gasteiger partial charge in [0.1, 0.15) is 0 Å². The molecule has 2 heterocycles. The summed E-state index contributed by atoms with van der Waals surface area (Å²) in [7, 11) is 1.87. The van der Waals surface area contributed by atoms with E-state index in [0.717, 1.165) is 31.5 Å². The Balaban J connectivity index is 0.00000210. The minimum absolute atomic E-state index is 0. The van der Waals surface area contributed by atoms with Crippen molar-refractivity contribution in [1.82, 2.24) is 20.5 Å². The van der Waals surface area contributed by atoms with E-state index in [4.69, 9.17) is 0 Å². The van der Waals surface area contributed by atoms with Crippen LogP contribution in [0, 0.1) is 0 Å². The van der Waals surface area contributed by atoms with Gasteiger partial charge < -0.3 is 15.6 Å². The van der Waals surface area contributed by atoms with Crippen molar-refractivity contribution in [2.75, 3.05) is 26.7 Å². The first-order chi connectivity index (χ1) is 12.8. The number of likely N-dealkylation sites (tertiary alicyclic amines) is 1. The fraction of sp³-hybridized carbons (Fsp3) is 0.571. The molecule has 1 aromatic heterocycles. The molecule has 1 aliphatic carbocycles. The second-order valence-corrected chi connectivity index (χ2v) is 7.67. The summed E-state index contributed by atoms with van der Waals surface area (Å²) in [6.45, 7) is 3.28. The van der Waals surface area contributed by atoms with Gasteiger partial charge in [0.25, 0.3) is 0 Å². The molecule has 1 saturated carbocycles. The Bertz CT molecular complexity index is 750. The summed E-state index contributed by atoms with van der Waals surface area (Å²) in [6, 6.07) is 9.84. The summed E-state index contributed by atoms with van der Waals surface area (Å²) in [5, 5.41) is 8.44. The van der Waals surface area contributed by atoms with Crippen LogP contribution in [0.1, 0.15) is 37.7 Å². The quantitative estimate of drug-likeness (QED) is 0.348. The lowest BCUT2D eigenvalue weighted by atomic mass is 10.1. The summed E-state index contributed by atoms with van der Waals surface area (Å²) in [6.07, 6.45) is 9.95. The number of aromatic nitrogens is 1. The fourth-order valence-electron chi connectivity index (χ4n) is 4.55. The molecule has 1 atom stereocenters. The maximum Gasteiger partial charge on any atom is 0.191 e. The first kappa shape index (κ1) is 20.5. The molecule has 0 bridgehead atoms. The van der Waals surface area contributed by atoms with Gasteiger partial charge in [0.2, 0.25) is 0 Å². The van der Waals surface area contributed by atoms with Gasteiger partial charge in [0.15, 0.2) is 5.96 Å². The Morgan fingerprint density at radius 1 is 1.22 bits per heavy atom. The van der Waals surface area contributed by atoms with E-state index in [1.54, 1.807) is 0 Å². The number of nitrogens with zero attached hydrogens (tertiary/aromatic N) is 2. The standard InChI is InChI=1S/C21H31N5.HI/c1-22-21(25-17-11-13-26(15-17)18-6-2-3-7-18)23-12-10-16-14-24-20-9-5-4-8-19(16)20;/h4-5,8-9,14,17-18,24H,2-3,6-7,10-13,15H2,1H3,(H2,22,23,25);1H. The van der Waals surface area contributed by atoms with Crippen molar-refractivity contribution in [2.24, 2.45) is 4.99 Å². The molecule has 2 fully saturated rings. The molecule has 3 N–H and O–H groups in total. The van der Waals surface area contributed by atoms with Gasteiger partial charge in [-0.05, 0) is 37.3 Å². The van der Waals surface area contributed by atoms with Crippen molar-refractivity contribution in [2.45, 2.75) is 50.6 Å². The van der Waals surface area contributed by atoms with Gasteiger partial charge in [-0.25, -0.2) is 0 Å². The van der Waals surface area contributed by atoms with E-state index >= 15 is 0 Å². The molecular formula is C21H32IN5. The molecule has 2 aliphatic rings. The summed E-state index contributed by atoms with van der Waals surface area (Å²) in [4.78, 5) is 10.5. The molecule has 148 valence electrons. The van der Waals surface area contributed by atoms with Gasteiger partial charge in [-0.3, -0.25) is 9.89 Å². The maximum absolute atomic E-state index is 4.42. The molecule has 1 aliphatic heterocycles. The van der Waals surface area contributed by atoms with E-state index in [9.17, 15) is 0 Å². The molecule has 0 spiro atoms. The molecule has 6 heteroatoms. The number of fused-ring (bicyclic) bond motifs is 1. The third-order valence-corrected chi connectivity index (χ3v) is 5.99. The molecule has 1 unspecified atom stereocenters. The van der Waals surface area contributed by atoms with Crippen molar-refractivity contribution >= 4 is 40.8 Å². The molecular weight excluding hydrogens is 449 g/mol. The number of hydrogen-bond donors (Lipinski definition) is 3. The number of nitrogens with one attached hydrogen (secondary N) is 3. The molecule has 1 saturated heterocycles. The molecule has 1 aromatic carbocycles. The van der Waals surface area contributed by atoms with Gasteiger partial charge in [-0.2, -0.15) is 0 Å². The molecule has 0 radical (unpaired) electrons. The highest BCUT2D eigenvalue weighted by molar-refractivity contribution is 14.0. The average molecular weight is 481 g/mol. The normalized spacial score (nSPS) is 21.5. The highest BCUT2D eigenvalue weighted by atomic mass is 127. The zero-order valence-corrected chi connectivity index (χ0v) is 18.5. The third-order valence-electron chi connectivity index (χ3n) is 5.99. The second kappa shape index (κ2) is 9.78. The summed E-state index contributed by atoms with van der Waals surface area (Å²) < 4.78 is 0. The zero-order valence-electron chi connectivity index (χ0n) is 16.2. The van der Waals surface area contributed by atoms with Crippen molar-refractivity contribution in [3.8, 4) is 0 Å². The lowest BCUT2D eigenvalue weighted by molar-refractivity contribution is 0.242. The predicted octanol–water partition coefficient (Wildman–Crippen LogP) is 3.51. The van der Waals surface area contributed by atoms with E-state index in [2.05, 4.69) is 56.0 Å². The smallest absolute Gasteiger partial charge is 0.191 e. The van der Waals surface area contributed by atoms with E-state index in [1.807, 2.05) is 7.05 Å². The number of para-hydroxylation sites is 1. The number of aromatic amines is 1. The zero-order chi connectivity index (χ0) is 17.8. The largest absolute Gasteiger partial charge is 0.361 e. The van der Waals surface area contributed by atoms with Gasteiger partial charge in [-0.15, -0.1) is 24.0 Å². The van der Waals surface area contributed by atoms with E-state index < -0.39 is 0 Å². The average Bonchev–Trinajstić information content (AvgIpc) is 3.41. The van der Waals surface area contributed by atoms with Crippen molar-refractivity contribution in [3.05, 3.63) is 36.0 Å². The van der Waals surface area contributed by atoms with Gasteiger partial charge in [0, 0.05) is 55.9 Å². The number of halogens is 1. The maximum atomic E-state index is 4.42.